The highest BCUT2D eigenvalue weighted by Crippen LogP contribution is 2.30. The number of nitrogens with zero attached hydrogens (tertiary/aromatic N) is 3. The van der Waals surface area contributed by atoms with Crippen LogP contribution in [-0.2, 0) is 6.54 Å². The third-order valence-electron chi connectivity index (χ3n) is 4.30. The van der Waals surface area contributed by atoms with Crippen molar-refractivity contribution in [2.75, 3.05) is 5.32 Å². The summed E-state index contributed by atoms with van der Waals surface area (Å²) in [5.74, 6) is -0.230. The van der Waals surface area contributed by atoms with E-state index >= 15 is 0 Å². The topological polar surface area (TPSA) is 70.7 Å². The van der Waals surface area contributed by atoms with Crippen LogP contribution in [0.4, 0.5) is 5.13 Å². The van der Waals surface area contributed by atoms with Gasteiger partial charge >= 0.3 is 0 Å². The smallest absolute Gasteiger partial charge is 0.257 e. The van der Waals surface area contributed by atoms with Crippen LogP contribution in [0.5, 0.6) is 0 Å². The van der Waals surface area contributed by atoms with E-state index in [0.29, 0.717) is 16.3 Å². The van der Waals surface area contributed by atoms with Gasteiger partial charge in [0.15, 0.2) is 5.13 Å². The van der Waals surface area contributed by atoms with Gasteiger partial charge in [-0.1, -0.05) is 6.92 Å². The number of carbonyl (C=O) groups excluding carboxylic acids is 1. The summed E-state index contributed by atoms with van der Waals surface area (Å²) in [6.07, 6.45) is 1.08. The first kappa shape index (κ1) is 17.9. The molecular weight excluding hydrogens is 344 g/mol. The number of hydrogen-bond donors (Lipinski definition) is 1. The maximum absolute atomic E-state index is 12.3. The van der Waals surface area contributed by atoms with Crippen LogP contribution < -0.4 is 5.32 Å². The minimum Gasteiger partial charge on any atom is -0.348 e. The average Bonchev–Trinajstić information content (AvgIpc) is 3.21. The van der Waals surface area contributed by atoms with Crippen molar-refractivity contribution in [2.24, 2.45) is 0 Å². The van der Waals surface area contributed by atoms with Crippen LogP contribution in [0.25, 0.3) is 11.3 Å². The summed E-state index contributed by atoms with van der Waals surface area (Å²) in [5, 5.41) is 14.2. The van der Waals surface area contributed by atoms with Crippen molar-refractivity contribution in [2.45, 2.75) is 33.7 Å². The molecule has 26 heavy (non-hydrogen) atoms. The fourth-order valence-corrected chi connectivity index (χ4v) is 3.65. The highest BCUT2D eigenvalue weighted by molar-refractivity contribution is 7.14. The van der Waals surface area contributed by atoms with Crippen LogP contribution in [0.3, 0.4) is 0 Å². The molecule has 0 radical (unpaired) electrons. The molecule has 0 saturated heterocycles. The largest absolute Gasteiger partial charge is 0.348 e. The molecule has 132 valence electrons. The van der Waals surface area contributed by atoms with E-state index in [2.05, 4.69) is 41.7 Å². The summed E-state index contributed by atoms with van der Waals surface area (Å²) in [6.45, 7) is 7.36. The number of hydrogen-bond acceptors (Lipinski definition) is 4. The maximum Gasteiger partial charge on any atom is 0.257 e. The number of thiazole rings is 1. The second-order valence-electron chi connectivity index (χ2n) is 6.12. The summed E-state index contributed by atoms with van der Waals surface area (Å²) in [5.41, 5.74) is 5.42. The number of anilines is 1. The normalized spacial score (nSPS) is 10.5. The van der Waals surface area contributed by atoms with E-state index in [0.717, 1.165) is 24.2 Å². The zero-order valence-electron chi connectivity index (χ0n) is 15.0. The third-order valence-corrected chi connectivity index (χ3v) is 5.06. The van der Waals surface area contributed by atoms with Gasteiger partial charge in [0.2, 0.25) is 0 Å². The standard InChI is InChI=1S/C20H20N4OS/c1-4-9-24-13(2)10-17(14(24)3)18-12-26-20(22-18)23-19(25)16-7-5-15(11-21)6-8-16/h5-8,10,12H,4,9H2,1-3H3,(H,22,23,25). The predicted octanol–water partition coefficient (Wildman–Crippen LogP) is 4.76. The number of rotatable bonds is 5. The van der Waals surface area contributed by atoms with Crippen LogP contribution >= 0.6 is 11.3 Å². The molecule has 0 atom stereocenters. The quantitative estimate of drug-likeness (QED) is 0.709. The van der Waals surface area contributed by atoms with Gasteiger partial charge in [0.1, 0.15) is 0 Å². The Kier molecular flexibility index (Phi) is 5.19. The molecule has 1 amide bonds. The molecule has 1 aromatic carbocycles. The zero-order chi connectivity index (χ0) is 18.7. The average molecular weight is 364 g/mol. The van der Waals surface area contributed by atoms with Crippen molar-refractivity contribution >= 4 is 22.4 Å². The molecule has 0 aliphatic carbocycles. The van der Waals surface area contributed by atoms with Gasteiger partial charge < -0.3 is 4.57 Å². The molecule has 5 nitrogen and oxygen atoms in total. The molecule has 1 N–H and O–H groups in total. The molecule has 0 unspecified atom stereocenters. The van der Waals surface area contributed by atoms with E-state index in [1.165, 1.54) is 22.7 Å². The highest BCUT2D eigenvalue weighted by atomic mass is 32.1. The Bertz CT molecular complexity index is 976. The molecule has 0 aliphatic heterocycles. The van der Waals surface area contributed by atoms with Crippen molar-refractivity contribution in [3.8, 4) is 17.3 Å². The number of aryl methyl sites for hydroxylation is 1. The summed E-state index contributed by atoms with van der Waals surface area (Å²) >= 11 is 1.41. The van der Waals surface area contributed by atoms with E-state index < -0.39 is 0 Å². The Hall–Kier alpha value is -2.91. The Morgan fingerprint density at radius 2 is 2.04 bits per heavy atom. The first-order chi connectivity index (χ1) is 12.5. The molecule has 0 fully saturated rings. The molecule has 3 rings (SSSR count). The minimum absolute atomic E-state index is 0.230. The highest BCUT2D eigenvalue weighted by Gasteiger charge is 2.15. The molecule has 0 saturated carbocycles. The molecule has 2 aromatic heterocycles. The van der Waals surface area contributed by atoms with Gasteiger partial charge in [-0.3, -0.25) is 10.1 Å². The molecule has 2 heterocycles. The summed E-state index contributed by atoms with van der Waals surface area (Å²) in [6, 6.07) is 10.7. The lowest BCUT2D eigenvalue weighted by atomic mass is 10.1. The fraction of sp³-hybridized carbons (Fsp3) is 0.250. The number of amides is 1. The Balaban J connectivity index is 1.79. The van der Waals surface area contributed by atoms with E-state index in [1.807, 2.05) is 11.4 Å². The van der Waals surface area contributed by atoms with Gasteiger partial charge in [0.05, 0.1) is 17.3 Å². The Morgan fingerprint density at radius 1 is 1.31 bits per heavy atom. The number of carbonyl (C=O) groups is 1. The Labute approximate surface area is 156 Å². The van der Waals surface area contributed by atoms with Gasteiger partial charge in [0, 0.05) is 34.4 Å². The van der Waals surface area contributed by atoms with E-state index in [4.69, 9.17) is 5.26 Å². The van der Waals surface area contributed by atoms with Gasteiger partial charge in [-0.25, -0.2) is 4.98 Å². The van der Waals surface area contributed by atoms with Crippen molar-refractivity contribution in [1.29, 1.82) is 5.26 Å². The maximum atomic E-state index is 12.3. The summed E-state index contributed by atoms with van der Waals surface area (Å²) in [4.78, 5) is 16.9. The second kappa shape index (κ2) is 7.54. The fourth-order valence-electron chi connectivity index (χ4n) is 2.95. The SMILES string of the molecule is CCCn1c(C)cc(-c2csc(NC(=O)c3ccc(C#N)cc3)n2)c1C. The van der Waals surface area contributed by atoms with Gasteiger partial charge in [-0.15, -0.1) is 11.3 Å². The van der Waals surface area contributed by atoms with Crippen LogP contribution in [0.2, 0.25) is 0 Å². The van der Waals surface area contributed by atoms with Crippen molar-refractivity contribution in [3.05, 3.63) is 58.2 Å². The third kappa shape index (κ3) is 3.53. The first-order valence-electron chi connectivity index (χ1n) is 8.47. The van der Waals surface area contributed by atoms with Gasteiger partial charge in [-0.2, -0.15) is 5.26 Å². The lowest BCUT2D eigenvalue weighted by Crippen LogP contribution is -2.11. The second-order valence-corrected chi connectivity index (χ2v) is 6.98. The Morgan fingerprint density at radius 3 is 2.69 bits per heavy atom. The van der Waals surface area contributed by atoms with E-state index in [1.54, 1.807) is 24.3 Å². The van der Waals surface area contributed by atoms with Gasteiger partial charge in [0.25, 0.3) is 5.91 Å². The summed E-state index contributed by atoms with van der Waals surface area (Å²) < 4.78 is 2.30. The first-order valence-corrected chi connectivity index (χ1v) is 9.35. The molecule has 6 heteroatoms. The number of nitriles is 1. The number of nitrogens with one attached hydrogen (secondary N) is 1. The molecule has 3 aromatic rings. The lowest BCUT2D eigenvalue weighted by molar-refractivity contribution is 0.102. The van der Waals surface area contributed by atoms with E-state index in [9.17, 15) is 4.79 Å². The summed E-state index contributed by atoms with van der Waals surface area (Å²) in [7, 11) is 0. The van der Waals surface area contributed by atoms with Crippen molar-refractivity contribution < 1.29 is 4.79 Å². The predicted molar refractivity (Wildman–Crippen MR) is 104 cm³/mol. The molecular formula is C20H20N4OS. The lowest BCUT2D eigenvalue weighted by Gasteiger charge is -2.07. The minimum atomic E-state index is -0.230. The van der Waals surface area contributed by atoms with Crippen LogP contribution in [0, 0.1) is 25.2 Å². The number of benzene rings is 1. The monoisotopic (exact) mass is 364 g/mol. The number of aromatic nitrogens is 2. The zero-order valence-corrected chi connectivity index (χ0v) is 15.9. The molecule has 0 bridgehead atoms. The van der Waals surface area contributed by atoms with Crippen LogP contribution in [0.15, 0.2) is 35.7 Å². The molecule has 0 aliphatic rings. The van der Waals surface area contributed by atoms with Gasteiger partial charge in [-0.05, 0) is 50.6 Å². The van der Waals surface area contributed by atoms with Crippen LogP contribution in [-0.4, -0.2) is 15.5 Å². The van der Waals surface area contributed by atoms with Crippen molar-refractivity contribution in [3.63, 3.8) is 0 Å². The molecule has 0 spiro atoms. The van der Waals surface area contributed by atoms with Crippen molar-refractivity contribution in [1.82, 2.24) is 9.55 Å². The van der Waals surface area contributed by atoms with E-state index in [-0.39, 0.29) is 5.91 Å². The van der Waals surface area contributed by atoms with Crippen LogP contribution in [0.1, 0.15) is 40.7 Å².